The summed E-state index contributed by atoms with van der Waals surface area (Å²) < 4.78 is 13.5. The summed E-state index contributed by atoms with van der Waals surface area (Å²) in [6.07, 6.45) is 10.4. The number of hydrogen-bond acceptors (Lipinski definition) is 4. The third kappa shape index (κ3) is 3.73. The Labute approximate surface area is 139 Å². The van der Waals surface area contributed by atoms with Gasteiger partial charge in [0.2, 0.25) is 0 Å². The van der Waals surface area contributed by atoms with Crippen molar-refractivity contribution < 1.29 is 9.00 Å². The topological polar surface area (TPSA) is 80.1 Å². The van der Waals surface area contributed by atoms with E-state index in [0.717, 1.165) is 51.7 Å². The number of rotatable bonds is 5. The van der Waals surface area contributed by atoms with Crippen LogP contribution in [-0.4, -0.2) is 60.8 Å². The molecule has 1 aromatic rings. The highest BCUT2D eigenvalue weighted by Gasteiger charge is 2.41. The smallest absolute Gasteiger partial charge is 0.317 e. The van der Waals surface area contributed by atoms with Crippen LogP contribution in [0.3, 0.4) is 0 Å². The maximum absolute atomic E-state index is 12.4. The summed E-state index contributed by atoms with van der Waals surface area (Å²) in [7, 11) is -0.884. The lowest BCUT2D eigenvalue weighted by Gasteiger charge is -2.41. The fourth-order valence-electron chi connectivity index (χ4n) is 3.48. The lowest BCUT2D eigenvalue weighted by molar-refractivity contribution is 0.155. The second kappa shape index (κ2) is 6.98. The Morgan fingerprint density at radius 2 is 2.26 bits per heavy atom. The molecule has 1 aliphatic carbocycles. The maximum Gasteiger partial charge on any atom is 0.317 e. The third-order valence-electron chi connectivity index (χ3n) is 5.16. The predicted octanol–water partition coefficient (Wildman–Crippen LogP) is 1.00. The SMILES string of the molecule is C[S@@](=O)C1(CNC(=O)N2CCC[C@@H](Cn3ccnn3)C2)CCC1. The first kappa shape index (κ1) is 16.4. The fraction of sp³-hybridized carbons (Fsp3) is 0.800. The monoisotopic (exact) mass is 339 g/mol. The number of aromatic nitrogens is 3. The first-order valence-corrected chi connectivity index (χ1v) is 9.85. The molecule has 1 saturated heterocycles. The van der Waals surface area contributed by atoms with Crippen molar-refractivity contribution >= 4 is 16.8 Å². The summed E-state index contributed by atoms with van der Waals surface area (Å²) in [6.45, 7) is 2.86. The largest absolute Gasteiger partial charge is 0.336 e. The Hall–Kier alpha value is -1.44. The number of likely N-dealkylation sites (tertiary alicyclic amines) is 1. The number of carbonyl (C=O) groups is 1. The van der Waals surface area contributed by atoms with Crippen LogP contribution in [0.2, 0.25) is 0 Å². The van der Waals surface area contributed by atoms with Gasteiger partial charge < -0.3 is 10.2 Å². The van der Waals surface area contributed by atoms with Crippen molar-refractivity contribution in [3.05, 3.63) is 12.4 Å². The highest BCUT2D eigenvalue weighted by atomic mass is 32.2. The molecule has 1 aromatic heterocycles. The molecule has 2 amide bonds. The zero-order valence-electron chi connectivity index (χ0n) is 13.6. The summed E-state index contributed by atoms with van der Waals surface area (Å²) in [5, 5.41) is 10.8. The average molecular weight is 339 g/mol. The van der Waals surface area contributed by atoms with E-state index >= 15 is 0 Å². The molecule has 0 unspecified atom stereocenters. The van der Waals surface area contributed by atoms with Gasteiger partial charge in [0.25, 0.3) is 0 Å². The Balaban J connectivity index is 1.50. The van der Waals surface area contributed by atoms with E-state index in [1.54, 1.807) is 12.5 Å². The van der Waals surface area contributed by atoms with Gasteiger partial charge in [0.05, 0.1) is 10.9 Å². The van der Waals surface area contributed by atoms with Crippen LogP contribution in [0.5, 0.6) is 0 Å². The van der Waals surface area contributed by atoms with Gasteiger partial charge in [-0.2, -0.15) is 0 Å². The molecule has 1 aliphatic heterocycles. The Morgan fingerprint density at radius 1 is 1.43 bits per heavy atom. The zero-order valence-corrected chi connectivity index (χ0v) is 14.4. The highest BCUT2D eigenvalue weighted by Crippen LogP contribution is 2.36. The molecule has 2 atom stereocenters. The minimum absolute atomic E-state index is 0.0231. The third-order valence-corrected chi connectivity index (χ3v) is 6.93. The van der Waals surface area contributed by atoms with Gasteiger partial charge in [-0.3, -0.25) is 8.89 Å². The summed E-state index contributed by atoms with van der Waals surface area (Å²) in [4.78, 5) is 14.3. The molecule has 3 rings (SSSR count). The van der Waals surface area contributed by atoms with Crippen LogP contribution in [0.4, 0.5) is 4.79 Å². The van der Waals surface area contributed by atoms with Gasteiger partial charge in [-0.1, -0.05) is 11.6 Å². The second-order valence-corrected chi connectivity index (χ2v) is 8.50. The van der Waals surface area contributed by atoms with Crippen molar-refractivity contribution in [3.8, 4) is 0 Å². The molecule has 1 N–H and O–H groups in total. The van der Waals surface area contributed by atoms with Crippen LogP contribution >= 0.6 is 0 Å². The summed E-state index contributed by atoms with van der Waals surface area (Å²) in [5.41, 5.74) is 0. The number of hydrogen-bond donors (Lipinski definition) is 1. The summed E-state index contributed by atoms with van der Waals surface area (Å²) in [5.74, 6) is 0.411. The molecule has 2 fully saturated rings. The van der Waals surface area contributed by atoms with E-state index in [-0.39, 0.29) is 10.8 Å². The number of nitrogens with zero attached hydrogens (tertiary/aromatic N) is 4. The minimum Gasteiger partial charge on any atom is -0.336 e. The molecule has 8 heteroatoms. The molecule has 23 heavy (non-hydrogen) atoms. The second-order valence-electron chi connectivity index (χ2n) is 6.73. The maximum atomic E-state index is 12.4. The van der Waals surface area contributed by atoms with Gasteiger partial charge in [0, 0.05) is 49.4 Å². The molecule has 0 spiro atoms. The van der Waals surface area contributed by atoms with E-state index in [1.165, 1.54) is 0 Å². The van der Waals surface area contributed by atoms with Gasteiger partial charge in [-0.25, -0.2) is 4.79 Å². The Kier molecular flexibility index (Phi) is 4.99. The van der Waals surface area contributed by atoms with E-state index in [4.69, 9.17) is 0 Å². The fourth-order valence-corrected chi connectivity index (χ4v) is 4.62. The Bertz CT molecular complexity index is 558. The minimum atomic E-state index is -0.884. The number of nitrogens with one attached hydrogen (secondary N) is 1. The molecule has 0 bridgehead atoms. The molecule has 2 heterocycles. The van der Waals surface area contributed by atoms with Gasteiger partial charge in [0.1, 0.15) is 0 Å². The first-order chi connectivity index (χ1) is 11.1. The highest BCUT2D eigenvalue weighted by molar-refractivity contribution is 7.85. The van der Waals surface area contributed by atoms with Crippen molar-refractivity contribution in [2.45, 2.75) is 43.4 Å². The number of amides is 2. The Morgan fingerprint density at radius 3 is 2.87 bits per heavy atom. The normalized spacial score (nSPS) is 24.7. The summed E-state index contributed by atoms with van der Waals surface area (Å²) >= 11 is 0. The van der Waals surface area contributed by atoms with Gasteiger partial charge in [-0.15, -0.1) is 5.10 Å². The van der Waals surface area contributed by atoms with Crippen molar-refractivity contribution in [2.75, 3.05) is 25.9 Å². The van der Waals surface area contributed by atoms with E-state index in [1.807, 2.05) is 15.8 Å². The van der Waals surface area contributed by atoms with Crippen molar-refractivity contribution in [3.63, 3.8) is 0 Å². The molecule has 0 radical (unpaired) electrons. The molecular formula is C15H25N5O2S. The first-order valence-electron chi connectivity index (χ1n) is 8.29. The lowest BCUT2D eigenvalue weighted by atomic mass is 9.84. The quantitative estimate of drug-likeness (QED) is 0.868. The van der Waals surface area contributed by atoms with Crippen molar-refractivity contribution in [2.24, 2.45) is 5.92 Å². The lowest BCUT2D eigenvalue weighted by Crippen LogP contribution is -2.54. The van der Waals surface area contributed by atoms with Crippen LogP contribution in [0.15, 0.2) is 12.4 Å². The van der Waals surface area contributed by atoms with E-state index in [2.05, 4.69) is 15.6 Å². The van der Waals surface area contributed by atoms with Crippen molar-refractivity contribution in [1.82, 2.24) is 25.2 Å². The number of urea groups is 1. The molecular weight excluding hydrogens is 314 g/mol. The van der Waals surface area contributed by atoms with Crippen LogP contribution in [0.1, 0.15) is 32.1 Å². The molecule has 1 saturated carbocycles. The van der Waals surface area contributed by atoms with E-state index in [9.17, 15) is 9.00 Å². The zero-order chi connectivity index (χ0) is 16.3. The van der Waals surface area contributed by atoms with Crippen LogP contribution in [0.25, 0.3) is 0 Å². The predicted molar refractivity (Wildman–Crippen MR) is 88.4 cm³/mol. The molecule has 2 aliphatic rings. The van der Waals surface area contributed by atoms with Gasteiger partial charge in [0.15, 0.2) is 0 Å². The van der Waals surface area contributed by atoms with Crippen LogP contribution < -0.4 is 5.32 Å². The van der Waals surface area contributed by atoms with Gasteiger partial charge >= 0.3 is 6.03 Å². The molecule has 0 aromatic carbocycles. The van der Waals surface area contributed by atoms with E-state index in [0.29, 0.717) is 12.5 Å². The number of carbonyl (C=O) groups excluding carboxylic acids is 1. The van der Waals surface area contributed by atoms with Crippen molar-refractivity contribution in [1.29, 1.82) is 0 Å². The van der Waals surface area contributed by atoms with Crippen LogP contribution in [0, 0.1) is 5.92 Å². The number of piperidine rings is 1. The van der Waals surface area contributed by atoms with Gasteiger partial charge in [-0.05, 0) is 31.6 Å². The van der Waals surface area contributed by atoms with E-state index < -0.39 is 10.8 Å². The molecule has 128 valence electrons. The average Bonchev–Trinajstić information content (AvgIpc) is 2.98. The van der Waals surface area contributed by atoms with Crippen LogP contribution in [-0.2, 0) is 17.3 Å². The molecule has 7 nitrogen and oxygen atoms in total. The standard InChI is InChI=1S/C15H25N5O2S/c1-23(22)15(5-3-6-15)12-16-14(21)19-8-2-4-13(10-19)11-20-9-7-17-18-20/h7,9,13H,2-6,8,10-12H2,1H3,(H,16,21)/t13-,23-/m1/s1. The summed E-state index contributed by atoms with van der Waals surface area (Å²) in [6, 6.07) is -0.0231.